The van der Waals surface area contributed by atoms with Crippen molar-refractivity contribution >= 4 is 28.4 Å². The minimum Gasteiger partial charge on any atom is -0.352 e. The fourth-order valence-corrected chi connectivity index (χ4v) is 2.73. The van der Waals surface area contributed by atoms with Gasteiger partial charge >= 0.3 is 0 Å². The van der Waals surface area contributed by atoms with Crippen LogP contribution in [-0.2, 0) is 0 Å². The molecule has 0 bridgehead atoms. The summed E-state index contributed by atoms with van der Waals surface area (Å²) in [6, 6.07) is 0. The van der Waals surface area contributed by atoms with Gasteiger partial charge in [-0.15, -0.1) is 11.3 Å². The van der Waals surface area contributed by atoms with Gasteiger partial charge in [-0.3, -0.25) is 9.20 Å². The van der Waals surface area contributed by atoms with E-state index in [4.69, 9.17) is 0 Å². The summed E-state index contributed by atoms with van der Waals surface area (Å²) >= 11 is 1.55. The third-order valence-electron chi connectivity index (χ3n) is 2.81. The predicted molar refractivity (Wildman–Crippen MR) is 63.5 cm³/mol. The Labute approximate surface area is 96.7 Å². The van der Waals surface area contributed by atoms with Crippen molar-refractivity contribution in [2.45, 2.75) is 0 Å². The Kier molecular flexibility index (Phi) is 2.37. The van der Waals surface area contributed by atoms with Gasteiger partial charge in [0.15, 0.2) is 17.1 Å². The fourth-order valence-electron chi connectivity index (χ4n) is 2.01. The second kappa shape index (κ2) is 3.88. The standard InChI is InChI=1S/C10H12N4OS/c15-7-8-9(13-3-1-11-2-4-13)12-10-14(8)5-6-16-10/h5-7,11H,1-4H2. The van der Waals surface area contributed by atoms with E-state index in [2.05, 4.69) is 15.2 Å². The quantitative estimate of drug-likeness (QED) is 0.777. The van der Waals surface area contributed by atoms with Crippen LogP contribution in [0, 0.1) is 0 Å². The van der Waals surface area contributed by atoms with E-state index in [0.717, 1.165) is 43.2 Å². The molecule has 0 radical (unpaired) electrons. The van der Waals surface area contributed by atoms with Crippen molar-refractivity contribution in [2.24, 2.45) is 0 Å². The molecule has 3 rings (SSSR count). The molecule has 1 N–H and O–H groups in total. The molecule has 1 aliphatic rings. The number of aldehydes is 1. The summed E-state index contributed by atoms with van der Waals surface area (Å²) in [7, 11) is 0. The molecule has 16 heavy (non-hydrogen) atoms. The van der Waals surface area contributed by atoms with Crippen molar-refractivity contribution in [3.05, 3.63) is 17.3 Å². The van der Waals surface area contributed by atoms with Crippen molar-refractivity contribution in [1.29, 1.82) is 0 Å². The van der Waals surface area contributed by atoms with Crippen LogP contribution in [-0.4, -0.2) is 41.8 Å². The number of carbonyl (C=O) groups excluding carboxylic acids is 1. The third-order valence-corrected chi connectivity index (χ3v) is 3.56. The van der Waals surface area contributed by atoms with Gasteiger partial charge in [0, 0.05) is 37.8 Å². The Bertz CT molecular complexity index is 512. The number of imidazole rings is 1. The van der Waals surface area contributed by atoms with Gasteiger partial charge in [-0.1, -0.05) is 0 Å². The maximum Gasteiger partial charge on any atom is 0.196 e. The van der Waals surface area contributed by atoms with Crippen molar-refractivity contribution in [2.75, 3.05) is 31.1 Å². The lowest BCUT2D eigenvalue weighted by Gasteiger charge is -2.27. The summed E-state index contributed by atoms with van der Waals surface area (Å²) in [6.45, 7) is 3.71. The van der Waals surface area contributed by atoms with Crippen molar-refractivity contribution in [1.82, 2.24) is 14.7 Å². The number of piperazine rings is 1. The number of nitrogens with zero attached hydrogens (tertiary/aromatic N) is 3. The Morgan fingerprint density at radius 3 is 3.00 bits per heavy atom. The van der Waals surface area contributed by atoms with Gasteiger partial charge in [0.1, 0.15) is 5.69 Å². The van der Waals surface area contributed by atoms with Crippen LogP contribution in [0.4, 0.5) is 5.82 Å². The summed E-state index contributed by atoms with van der Waals surface area (Å²) < 4.78 is 1.86. The van der Waals surface area contributed by atoms with Crippen molar-refractivity contribution in [3.63, 3.8) is 0 Å². The average molecular weight is 236 g/mol. The number of thiazole rings is 1. The molecule has 5 nitrogen and oxygen atoms in total. The molecule has 0 aliphatic carbocycles. The van der Waals surface area contributed by atoms with E-state index in [-0.39, 0.29) is 0 Å². The molecule has 0 aromatic carbocycles. The molecule has 0 unspecified atom stereocenters. The van der Waals surface area contributed by atoms with E-state index in [0.29, 0.717) is 5.69 Å². The Balaban J connectivity index is 2.07. The van der Waals surface area contributed by atoms with Crippen LogP contribution < -0.4 is 10.2 Å². The molecule has 1 aliphatic heterocycles. The van der Waals surface area contributed by atoms with Crippen LogP contribution in [0.25, 0.3) is 4.96 Å². The monoisotopic (exact) mass is 236 g/mol. The highest BCUT2D eigenvalue weighted by Gasteiger charge is 2.19. The number of aromatic nitrogens is 2. The highest BCUT2D eigenvalue weighted by molar-refractivity contribution is 7.15. The molecule has 3 heterocycles. The number of carbonyl (C=O) groups is 1. The topological polar surface area (TPSA) is 49.6 Å². The first-order valence-electron chi connectivity index (χ1n) is 5.26. The van der Waals surface area contributed by atoms with Crippen LogP contribution in [0.1, 0.15) is 10.5 Å². The van der Waals surface area contributed by atoms with E-state index in [1.54, 1.807) is 11.3 Å². The van der Waals surface area contributed by atoms with Gasteiger partial charge in [-0.2, -0.15) is 0 Å². The molecule has 0 spiro atoms. The van der Waals surface area contributed by atoms with Crippen LogP contribution in [0.3, 0.4) is 0 Å². The predicted octanol–water partition coefficient (Wildman–Crippen LogP) is 0.618. The lowest BCUT2D eigenvalue weighted by molar-refractivity contribution is 0.111. The maximum atomic E-state index is 11.1. The van der Waals surface area contributed by atoms with Crippen LogP contribution in [0.5, 0.6) is 0 Å². The largest absolute Gasteiger partial charge is 0.352 e. The second-order valence-corrected chi connectivity index (χ2v) is 4.60. The molecule has 1 fully saturated rings. The van der Waals surface area contributed by atoms with Crippen LogP contribution >= 0.6 is 11.3 Å². The minimum atomic E-state index is 0.665. The van der Waals surface area contributed by atoms with E-state index in [9.17, 15) is 4.79 Å². The maximum absolute atomic E-state index is 11.1. The highest BCUT2D eigenvalue weighted by atomic mass is 32.1. The summed E-state index contributed by atoms with van der Waals surface area (Å²) in [5.74, 6) is 0.823. The number of nitrogens with one attached hydrogen (secondary N) is 1. The number of anilines is 1. The van der Waals surface area contributed by atoms with Gasteiger partial charge in [-0.25, -0.2) is 4.98 Å². The van der Waals surface area contributed by atoms with E-state index in [1.165, 1.54) is 0 Å². The minimum absolute atomic E-state index is 0.665. The molecular weight excluding hydrogens is 224 g/mol. The molecule has 2 aromatic rings. The number of hydrogen-bond donors (Lipinski definition) is 1. The first-order chi connectivity index (χ1) is 7.90. The molecule has 2 aromatic heterocycles. The zero-order valence-corrected chi connectivity index (χ0v) is 9.54. The molecule has 0 amide bonds. The van der Waals surface area contributed by atoms with Gasteiger partial charge in [0.05, 0.1) is 0 Å². The highest BCUT2D eigenvalue weighted by Crippen LogP contribution is 2.23. The second-order valence-electron chi connectivity index (χ2n) is 3.73. The lowest BCUT2D eigenvalue weighted by atomic mass is 10.3. The molecular formula is C10H12N4OS. The van der Waals surface area contributed by atoms with Crippen molar-refractivity contribution in [3.8, 4) is 0 Å². The first kappa shape index (κ1) is 9.80. The van der Waals surface area contributed by atoms with Crippen molar-refractivity contribution < 1.29 is 4.79 Å². The normalized spacial score (nSPS) is 16.9. The van der Waals surface area contributed by atoms with Gasteiger partial charge < -0.3 is 10.2 Å². The SMILES string of the molecule is O=Cc1c(N2CCNCC2)nc2sccn12. The number of rotatable bonds is 2. The third kappa shape index (κ3) is 1.42. The first-order valence-corrected chi connectivity index (χ1v) is 6.14. The van der Waals surface area contributed by atoms with E-state index >= 15 is 0 Å². The lowest BCUT2D eigenvalue weighted by Crippen LogP contribution is -2.44. The van der Waals surface area contributed by atoms with E-state index in [1.807, 2.05) is 16.0 Å². The molecule has 1 saturated heterocycles. The molecule has 0 saturated carbocycles. The van der Waals surface area contributed by atoms with Gasteiger partial charge in [0.2, 0.25) is 0 Å². The smallest absolute Gasteiger partial charge is 0.196 e. The van der Waals surface area contributed by atoms with Crippen LogP contribution in [0.2, 0.25) is 0 Å². The summed E-state index contributed by atoms with van der Waals surface area (Å²) in [5.41, 5.74) is 0.665. The molecule has 6 heteroatoms. The Hall–Kier alpha value is -1.40. The van der Waals surface area contributed by atoms with Gasteiger partial charge in [0.25, 0.3) is 0 Å². The molecule has 0 atom stereocenters. The van der Waals surface area contributed by atoms with E-state index < -0.39 is 0 Å². The number of fused-ring (bicyclic) bond motifs is 1. The van der Waals surface area contributed by atoms with Crippen LogP contribution in [0.15, 0.2) is 11.6 Å². The summed E-state index contributed by atoms with van der Waals surface area (Å²) in [4.78, 5) is 18.7. The number of hydrogen-bond acceptors (Lipinski definition) is 5. The zero-order chi connectivity index (χ0) is 11.0. The Morgan fingerprint density at radius 1 is 1.44 bits per heavy atom. The zero-order valence-electron chi connectivity index (χ0n) is 8.72. The summed E-state index contributed by atoms with van der Waals surface area (Å²) in [6.07, 6.45) is 2.78. The Morgan fingerprint density at radius 2 is 2.25 bits per heavy atom. The van der Waals surface area contributed by atoms with Gasteiger partial charge in [-0.05, 0) is 0 Å². The fraction of sp³-hybridized carbons (Fsp3) is 0.400. The summed E-state index contributed by atoms with van der Waals surface area (Å²) in [5, 5.41) is 5.23. The average Bonchev–Trinajstić information content (AvgIpc) is 2.89. The molecule has 84 valence electrons.